The Morgan fingerprint density at radius 2 is 2.18 bits per heavy atom. The molecule has 0 heterocycles. The summed E-state index contributed by atoms with van der Waals surface area (Å²) in [6.07, 6.45) is 0. The zero-order valence-electron chi connectivity index (χ0n) is 10.1. The lowest BCUT2D eigenvalue weighted by Gasteiger charge is -2.26. The molecule has 4 heteroatoms. The van der Waals surface area contributed by atoms with Gasteiger partial charge in [0.1, 0.15) is 0 Å². The van der Waals surface area contributed by atoms with Crippen LogP contribution in [0.2, 0.25) is 5.02 Å². The van der Waals surface area contributed by atoms with Crippen LogP contribution in [0.5, 0.6) is 0 Å². The number of hydrogen-bond acceptors (Lipinski definition) is 2. The Labute approximate surface area is 113 Å². The maximum absolute atomic E-state index is 8.87. The average Bonchev–Trinajstić information content (AvgIpc) is 2.35. The lowest BCUT2D eigenvalue weighted by molar-refractivity contribution is 0.684. The van der Waals surface area contributed by atoms with Crippen LogP contribution in [0.25, 0.3) is 0 Å². The van der Waals surface area contributed by atoms with Crippen molar-refractivity contribution in [3.63, 3.8) is 0 Å². The normalized spacial score (nSPS) is 11.9. The van der Waals surface area contributed by atoms with Crippen LogP contribution in [0, 0.1) is 17.2 Å². The lowest BCUT2D eigenvalue weighted by Crippen LogP contribution is -2.28. The highest BCUT2D eigenvalue weighted by Crippen LogP contribution is 2.26. The highest BCUT2D eigenvalue weighted by atomic mass is 35.5. The second-order valence-corrected chi connectivity index (χ2v) is 4.68. The molecule has 0 spiro atoms. The first kappa shape index (κ1) is 14.2. The first-order valence-corrected chi connectivity index (χ1v) is 6.52. The molecule has 0 aliphatic rings. The van der Waals surface area contributed by atoms with E-state index in [1.54, 1.807) is 0 Å². The van der Waals surface area contributed by atoms with E-state index < -0.39 is 0 Å². The van der Waals surface area contributed by atoms with Crippen LogP contribution in [0.15, 0.2) is 18.2 Å². The molecule has 1 atom stereocenters. The van der Waals surface area contributed by atoms with Crippen molar-refractivity contribution in [2.75, 3.05) is 18.0 Å². The van der Waals surface area contributed by atoms with E-state index in [2.05, 4.69) is 17.9 Å². The summed E-state index contributed by atoms with van der Waals surface area (Å²) < 4.78 is 0. The Bertz CT molecular complexity index is 412. The van der Waals surface area contributed by atoms with E-state index in [1.165, 1.54) is 0 Å². The van der Waals surface area contributed by atoms with Gasteiger partial charge >= 0.3 is 0 Å². The fraction of sp³-hybridized carbons (Fsp3) is 0.462. The van der Waals surface area contributed by atoms with Gasteiger partial charge in [0, 0.05) is 29.7 Å². The van der Waals surface area contributed by atoms with Gasteiger partial charge < -0.3 is 4.90 Å². The van der Waals surface area contributed by atoms with E-state index >= 15 is 0 Å². The number of hydrogen-bond donors (Lipinski definition) is 0. The van der Waals surface area contributed by atoms with E-state index in [0.717, 1.165) is 17.8 Å². The van der Waals surface area contributed by atoms with Gasteiger partial charge in [-0.15, -0.1) is 11.6 Å². The number of nitriles is 1. The quantitative estimate of drug-likeness (QED) is 0.755. The number of halogens is 2. The third-order valence-corrected chi connectivity index (χ3v) is 3.15. The van der Waals surface area contributed by atoms with E-state index in [0.29, 0.717) is 17.4 Å². The van der Waals surface area contributed by atoms with Crippen molar-refractivity contribution in [1.82, 2.24) is 0 Å². The summed E-state index contributed by atoms with van der Waals surface area (Å²) in [5.74, 6) is 0.418. The van der Waals surface area contributed by atoms with Crippen LogP contribution in [0.4, 0.5) is 5.69 Å². The van der Waals surface area contributed by atoms with Gasteiger partial charge in [-0.3, -0.25) is 0 Å². The van der Waals surface area contributed by atoms with Crippen LogP contribution >= 0.6 is 23.2 Å². The molecular weight excluding hydrogens is 255 g/mol. The fourth-order valence-corrected chi connectivity index (χ4v) is 2.15. The topological polar surface area (TPSA) is 27.0 Å². The minimum absolute atomic E-state index is 0.00574. The first-order chi connectivity index (χ1) is 8.12. The minimum atomic E-state index is -0.00574. The first-order valence-electron chi connectivity index (χ1n) is 5.61. The SMILES string of the molecule is CCN(CC(C)C#N)c1ccc(Cl)cc1CCl. The number of anilines is 1. The summed E-state index contributed by atoms with van der Waals surface area (Å²) in [6, 6.07) is 7.95. The summed E-state index contributed by atoms with van der Waals surface area (Å²) in [7, 11) is 0. The molecule has 1 aromatic rings. The predicted octanol–water partition coefficient (Wildman–Crippen LogP) is 4.06. The molecule has 0 saturated carbocycles. The van der Waals surface area contributed by atoms with Crippen molar-refractivity contribution >= 4 is 28.9 Å². The van der Waals surface area contributed by atoms with Crippen molar-refractivity contribution in [3.8, 4) is 6.07 Å². The number of rotatable bonds is 5. The van der Waals surface area contributed by atoms with Crippen LogP contribution < -0.4 is 4.90 Å². The third kappa shape index (κ3) is 3.80. The monoisotopic (exact) mass is 270 g/mol. The van der Waals surface area contributed by atoms with E-state index in [9.17, 15) is 0 Å². The van der Waals surface area contributed by atoms with Crippen LogP contribution in [-0.2, 0) is 5.88 Å². The molecule has 0 aliphatic carbocycles. The molecule has 2 nitrogen and oxygen atoms in total. The van der Waals surface area contributed by atoms with Gasteiger partial charge in [0.05, 0.1) is 12.0 Å². The second-order valence-electron chi connectivity index (χ2n) is 3.98. The molecule has 1 aromatic carbocycles. The van der Waals surface area contributed by atoms with Gasteiger partial charge in [-0.1, -0.05) is 11.6 Å². The Balaban J connectivity index is 2.99. The van der Waals surface area contributed by atoms with Gasteiger partial charge in [-0.25, -0.2) is 0 Å². The molecule has 0 fully saturated rings. The van der Waals surface area contributed by atoms with Gasteiger partial charge in [0.2, 0.25) is 0 Å². The Morgan fingerprint density at radius 1 is 1.47 bits per heavy atom. The molecule has 0 aromatic heterocycles. The van der Waals surface area contributed by atoms with Crippen LogP contribution in [-0.4, -0.2) is 13.1 Å². The average molecular weight is 271 g/mol. The molecule has 0 aliphatic heterocycles. The van der Waals surface area contributed by atoms with Crippen LogP contribution in [0.1, 0.15) is 19.4 Å². The standard InChI is InChI=1S/C13H16Cl2N2/c1-3-17(9-10(2)8-16)13-5-4-12(15)6-11(13)7-14/h4-6,10H,3,7,9H2,1-2H3. The maximum Gasteiger partial charge on any atom is 0.0671 e. The number of alkyl halides is 1. The van der Waals surface area contributed by atoms with Gasteiger partial charge in [-0.2, -0.15) is 5.26 Å². The fourth-order valence-electron chi connectivity index (χ4n) is 1.74. The minimum Gasteiger partial charge on any atom is -0.370 e. The van der Waals surface area contributed by atoms with Crippen molar-refractivity contribution in [1.29, 1.82) is 5.26 Å². The van der Waals surface area contributed by atoms with Gasteiger partial charge in [0.15, 0.2) is 0 Å². The summed E-state index contributed by atoms with van der Waals surface area (Å²) in [5, 5.41) is 9.56. The third-order valence-electron chi connectivity index (χ3n) is 2.62. The van der Waals surface area contributed by atoms with Gasteiger partial charge in [-0.05, 0) is 37.6 Å². The largest absolute Gasteiger partial charge is 0.370 e. The van der Waals surface area contributed by atoms with E-state index in [4.69, 9.17) is 28.5 Å². The van der Waals surface area contributed by atoms with E-state index in [1.807, 2.05) is 25.1 Å². The molecule has 17 heavy (non-hydrogen) atoms. The molecule has 0 radical (unpaired) electrons. The summed E-state index contributed by atoms with van der Waals surface area (Å²) in [5.41, 5.74) is 2.07. The molecule has 0 N–H and O–H groups in total. The van der Waals surface area contributed by atoms with Crippen molar-refractivity contribution in [2.45, 2.75) is 19.7 Å². The molecule has 0 amide bonds. The Morgan fingerprint density at radius 3 is 2.71 bits per heavy atom. The number of nitrogens with zero attached hydrogens (tertiary/aromatic N) is 2. The van der Waals surface area contributed by atoms with Crippen LogP contribution in [0.3, 0.4) is 0 Å². The lowest BCUT2D eigenvalue weighted by atomic mass is 10.1. The van der Waals surface area contributed by atoms with Crippen molar-refractivity contribution < 1.29 is 0 Å². The Hall–Kier alpha value is -0.910. The van der Waals surface area contributed by atoms with E-state index in [-0.39, 0.29) is 5.92 Å². The molecule has 0 bridgehead atoms. The van der Waals surface area contributed by atoms with Crippen molar-refractivity contribution in [2.24, 2.45) is 5.92 Å². The molecular formula is C13H16Cl2N2. The zero-order chi connectivity index (χ0) is 12.8. The second kappa shape index (κ2) is 6.74. The molecule has 0 saturated heterocycles. The summed E-state index contributed by atoms with van der Waals surface area (Å²) >= 11 is 11.9. The maximum atomic E-state index is 8.87. The highest BCUT2D eigenvalue weighted by Gasteiger charge is 2.12. The highest BCUT2D eigenvalue weighted by molar-refractivity contribution is 6.30. The smallest absolute Gasteiger partial charge is 0.0671 e. The zero-order valence-corrected chi connectivity index (χ0v) is 11.6. The molecule has 1 unspecified atom stereocenters. The predicted molar refractivity (Wildman–Crippen MR) is 73.7 cm³/mol. The molecule has 1 rings (SSSR count). The van der Waals surface area contributed by atoms with Crippen molar-refractivity contribution in [3.05, 3.63) is 28.8 Å². The summed E-state index contributed by atoms with van der Waals surface area (Å²) in [4.78, 5) is 2.15. The number of benzene rings is 1. The summed E-state index contributed by atoms with van der Waals surface area (Å²) in [6.45, 7) is 5.53. The molecule has 92 valence electrons. The Kier molecular flexibility index (Phi) is 5.61. The van der Waals surface area contributed by atoms with Gasteiger partial charge in [0.25, 0.3) is 0 Å².